The van der Waals surface area contributed by atoms with Gasteiger partial charge in [-0.1, -0.05) is 36.4 Å². The second-order valence-corrected chi connectivity index (χ2v) is 5.80. The number of hydrogen-bond acceptors (Lipinski definition) is 3. The van der Waals surface area contributed by atoms with Gasteiger partial charge in [-0.2, -0.15) is 0 Å². The van der Waals surface area contributed by atoms with Crippen molar-refractivity contribution in [2.24, 2.45) is 0 Å². The second kappa shape index (κ2) is 5.55. The molecule has 0 radical (unpaired) electrons. The third-order valence-corrected chi connectivity index (χ3v) is 4.30. The second-order valence-electron chi connectivity index (χ2n) is 5.80. The SMILES string of the molecule is c1ccc2cc(C3(Cn4ccnc4)CCCOO3)ccc2c1. The maximum Gasteiger partial charge on any atom is 0.146 e. The molecule has 2 heterocycles. The van der Waals surface area contributed by atoms with Gasteiger partial charge in [-0.15, -0.1) is 0 Å². The van der Waals surface area contributed by atoms with Crippen LogP contribution in [0.1, 0.15) is 18.4 Å². The number of hydrogen-bond donors (Lipinski definition) is 0. The van der Waals surface area contributed by atoms with E-state index in [4.69, 9.17) is 9.78 Å². The van der Waals surface area contributed by atoms with Gasteiger partial charge in [0.05, 0.1) is 19.5 Å². The molecule has 0 saturated carbocycles. The third-order valence-electron chi connectivity index (χ3n) is 4.30. The lowest BCUT2D eigenvalue weighted by Crippen LogP contribution is -2.38. The number of nitrogens with zero attached hydrogens (tertiary/aromatic N) is 2. The van der Waals surface area contributed by atoms with Crippen LogP contribution >= 0.6 is 0 Å². The van der Waals surface area contributed by atoms with Crippen LogP contribution in [-0.2, 0) is 21.9 Å². The summed E-state index contributed by atoms with van der Waals surface area (Å²) in [7, 11) is 0. The summed E-state index contributed by atoms with van der Waals surface area (Å²) in [6, 6.07) is 14.9. The molecular formula is C18H18N2O2. The van der Waals surface area contributed by atoms with Gasteiger partial charge in [-0.05, 0) is 35.2 Å². The summed E-state index contributed by atoms with van der Waals surface area (Å²) < 4.78 is 2.05. The molecule has 22 heavy (non-hydrogen) atoms. The molecule has 4 rings (SSSR count). The molecule has 4 heteroatoms. The smallest absolute Gasteiger partial charge is 0.146 e. The van der Waals surface area contributed by atoms with E-state index in [1.54, 1.807) is 6.20 Å². The molecule has 2 aromatic carbocycles. The minimum Gasteiger partial charge on any atom is -0.334 e. The highest BCUT2D eigenvalue weighted by Crippen LogP contribution is 2.37. The first-order valence-corrected chi connectivity index (χ1v) is 7.61. The van der Waals surface area contributed by atoms with Crippen LogP contribution in [0, 0.1) is 0 Å². The van der Waals surface area contributed by atoms with Gasteiger partial charge >= 0.3 is 0 Å². The first kappa shape index (κ1) is 13.5. The van der Waals surface area contributed by atoms with Crippen molar-refractivity contribution >= 4 is 10.8 Å². The van der Waals surface area contributed by atoms with Gasteiger partial charge in [0.15, 0.2) is 0 Å². The predicted molar refractivity (Wildman–Crippen MR) is 84.1 cm³/mol. The highest BCUT2D eigenvalue weighted by molar-refractivity contribution is 5.83. The van der Waals surface area contributed by atoms with E-state index < -0.39 is 5.60 Å². The molecule has 3 aromatic rings. The largest absolute Gasteiger partial charge is 0.334 e. The fourth-order valence-corrected chi connectivity index (χ4v) is 3.15. The van der Waals surface area contributed by atoms with Gasteiger partial charge in [-0.3, -0.25) is 0 Å². The average Bonchev–Trinajstić information content (AvgIpc) is 3.08. The number of imidazole rings is 1. The van der Waals surface area contributed by atoms with E-state index in [0.717, 1.165) is 18.4 Å². The summed E-state index contributed by atoms with van der Waals surface area (Å²) in [4.78, 5) is 15.3. The number of aromatic nitrogens is 2. The van der Waals surface area contributed by atoms with E-state index in [2.05, 4.69) is 47.4 Å². The zero-order chi connectivity index (χ0) is 14.8. The van der Waals surface area contributed by atoms with Gasteiger partial charge in [0.2, 0.25) is 0 Å². The predicted octanol–water partition coefficient (Wildman–Crippen LogP) is 3.67. The van der Waals surface area contributed by atoms with Crippen LogP contribution in [0.5, 0.6) is 0 Å². The Balaban J connectivity index is 1.78. The van der Waals surface area contributed by atoms with Crippen LogP contribution in [0.3, 0.4) is 0 Å². The first-order valence-electron chi connectivity index (χ1n) is 7.61. The van der Waals surface area contributed by atoms with Crippen LogP contribution in [-0.4, -0.2) is 16.2 Å². The molecule has 112 valence electrons. The molecule has 1 saturated heterocycles. The van der Waals surface area contributed by atoms with Crippen LogP contribution < -0.4 is 0 Å². The fourth-order valence-electron chi connectivity index (χ4n) is 3.15. The van der Waals surface area contributed by atoms with Gasteiger partial charge < -0.3 is 4.57 Å². The molecule has 0 spiro atoms. The van der Waals surface area contributed by atoms with Crippen molar-refractivity contribution in [2.75, 3.05) is 6.61 Å². The molecule has 0 amide bonds. The first-order chi connectivity index (χ1) is 10.9. The molecule has 4 nitrogen and oxygen atoms in total. The van der Waals surface area contributed by atoms with Crippen LogP contribution in [0.25, 0.3) is 10.8 Å². The number of fused-ring (bicyclic) bond motifs is 1. The summed E-state index contributed by atoms with van der Waals surface area (Å²) in [6.07, 6.45) is 7.49. The summed E-state index contributed by atoms with van der Waals surface area (Å²) in [5.74, 6) is 0. The molecule has 1 atom stereocenters. The van der Waals surface area contributed by atoms with Crippen molar-refractivity contribution < 1.29 is 9.78 Å². The van der Waals surface area contributed by atoms with E-state index in [1.165, 1.54) is 10.8 Å². The Kier molecular flexibility index (Phi) is 3.41. The van der Waals surface area contributed by atoms with Crippen molar-refractivity contribution in [1.82, 2.24) is 9.55 Å². The van der Waals surface area contributed by atoms with Crippen molar-refractivity contribution in [3.8, 4) is 0 Å². The van der Waals surface area contributed by atoms with E-state index >= 15 is 0 Å². The van der Waals surface area contributed by atoms with Crippen molar-refractivity contribution in [3.63, 3.8) is 0 Å². The van der Waals surface area contributed by atoms with Crippen molar-refractivity contribution in [2.45, 2.75) is 25.0 Å². The molecule has 0 aliphatic carbocycles. The van der Waals surface area contributed by atoms with E-state index in [-0.39, 0.29) is 0 Å². The van der Waals surface area contributed by atoms with E-state index in [1.807, 2.05) is 17.1 Å². The summed E-state index contributed by atoms with van der Waals surface area (Å²) in [6.45, 7) is 1.35. The van der Waals surface area contributed by atoms with Crippen molar-refractivity contribution in [1.29, 1.82) is 0 Å². The monoisotopic (exact) mass is 294 g/mol. The van der Waals surface area contributed by atoms with Crippen LogP contribution in [0.2, 0.25) is 0 Å². The Morgan fingerprint density at radius 1 is 1.14 bits per heavy atom. The summed E-state index contributed by atoms with van der Waals surface area (Å²) >= 11 is 0. The molecular weight excluding hydrogens is 276 g/mol. The number of benzene rings is 2. The highest BCUT2D eigenvalue weighted by Gasteiger charge is 2.37. The average molecular weight is 294 g/mol. The molecule has 1 aliphatic heterocycles. The molecule has 0 N–H and O–H groups in total. The Morgan fingerprint density at radius 2 is 2.05 bits per heavy atom. The summed E-state index contributed by atoms with van der Waals surface area (Å²) in [5.41, 5.74) is 0.697. The zero-order valence-electron chi connectivity index (χ0n) is 12.3. The van der Waals surface area contributed by atoms with E-state index in [9.17, 15) is 0 Å². The van der Waals surface area contributed by atoms with Crippen molar-refractivity contribution in [3.05, 3.63) is 66.7 Å². The number of rotatable bonds is 3. The lowest BCUT2D eigenvalue weighted by molar-refractivity contribution is -0.392. The molecule has 1 aliphatic rings. The quantitative estimate of drug-likeness (QED) is 0.691. The zero-order valence-corrected chi connectivity index (χ0v) is 12.3. The Labute approximate surface area is 129 Å². The van der Waals surface area contributed by atoms with Gasteiger partial charge in [0.25, 0.3) is 0 Å². The van der Waals surface area contributed by atoms with E-state index in [0.29, 0.717) is 13.2 Å². The highest BCUT2D eigenvalue weighted by atomic mass is 17.2. The Morgan fingerprint density at radius 3 is 2.82 bits per heavy atom. The molecule has 0 bridgehead atoms. The maximum atomic E-state index is 5.83. The Hall–Kier alpha value is -2.17. The summed E-state index contributed by atoms with van der Waals surface area (Å²) in [5, 5.41) is 2.46. The van der Waals surface area contributed by atoms with Crippen LogP contribution in [0.15, 0.2) is 61.2 Å². The fraction of sp³-hybridized carbons (Fsp3) is 0.278. The van der Waals surface area contributed by atoms with Gasteiger partial charge in [0, 0.05) is 12.4 Å². The minimum absolute atomic E-state index is 0.455. The molecule has 1 unspecified atom stereocenters. The maximum absolute atomic E-state index is 5.83. The van der Waals surface area contributed by atoms with Gasteiger partial charge in [0.1, 0.15) is 5.60 Å². The minimum atomic E-state index is -0.455. The van der Waals surface area contributed by atoms with Gasteiger partial charge in [-0.25, -0.2) is 14.8 Å². The lowest BCUT2D eigenvalue weighted by Gasteiger charge is -2.36. The topological polar surface area (TPSA) is 36.3 Å². The Bertz CT molecular complexity index is 762. The molecule has 1 aromatic heterocycles. The lowest BCUT2D eigenvalue weighted by atomic mass is 9.87. The standard InChI is InChI=1S/C18H18N2O2/c1-2-5-16-12-17(7-6-15(16)4-1)18(8-3-11-21-22-18)13-20-10-9-19-14-20/h1-2,4-7,9-10,12,14H,3,8,11,13H2. The molecule has 1 fully saturated rings. The third kappa shape index (κ3) is 2.40. The van der Waals surface area contributed by atoms with Crippen LogP contribution in [0.4, 0.5) is 0 Å². The normalized spacial score (nSPS) is 22.0.